The lowest BCUT2D eigenvalue weighted by Gasteiger charge is -2.34. The van der Waals surface area contributed by atoms with Crippen LogP contribution in [-0.4, -0.2) is 57.6 Å². The van der Waals surface area contributed by atoms with E-state index in [1.54, 1.807) is 28.1 Å². The highest BCUT2D eigenvalue weighted by Crippen LogP contribution is 2.19. The number of furan rings is 1. The smallest absolute Gasteiger partial charge is 0.289 e. The van der Waals surface area contributed by atoms with Crippen molar-refractivity contribution < 1.29 is 14.0 Å². The number of benzene rings is 1. The summed E-state index contributed by atoms with van der Waals surface area (Å²) >= 11 is 0. The summed E-state index contributed by atoms with van der Waals surface area (Å²) in [6, 6.07) is 13.2. The minimum absolute atomic E-state index is 0.0378. The predicted molar refractivity (Wildman–Crippen MR) is 103 cm³/mol. The van der Waals surface area contributed by atoms with Crippen molar-refractivity contribution in [2.75, 3.05) is 26.2 Å². The van der Waals surface area contributed by atoms with Crippen LogP contribution < -0.4 is 0 Å². The Bertz CT molecular complexity index is 955. The summed E-state index contributed by atoms with van der Waals surface area (Å²) in [6.07, 6.45) is 3.84. The van der Waals surface area contributed by atoms with Gasteiger partial charge in [0.2, 0.25) is 0 Å². The standard InChI is InChI=1S/C21H22N4O3/c1-2-18-17(15-22-25(18)16-7-4-3-5-8-16)20(26)23-10-12-24(13-11-23)21(27)19-9-6-14-28-19/h3-9,14-15H,2,10-13H2,1H3. The third-order valence-electron chi connectivity index (χ3n) is 5.02. The van der Waals surface area contributed by atoms with Gasteiger partial charge in [-0.1, -0.05) is 25.1 Å². The SMILES string of the molecule is CCc1c(C(=O)N2CCN(C(=O)c3ccco3)CC2)cnn1-c1ccccc1. The maximum absolute atomic E-state index is 13.1. The number of para-hydroxylation sites is 1. The first-order valence-electron chi connectivity index (χ1n) is 9.43. The molecule has 0 N–H and O–H groups in total. The van der Waals surface area contributed by atoms with E-state index in [0.29, 0.717) is 43.9 Å². The third kappa shape index (κ3) is 3.31. The molecule has 7 heteroatoms. The molecular formula is C21H22N4O3. The highest BCUT2D eigenvalue weighted by molar-refractivity contribution is 5.96. The molecule has 1 aromatic carbocycles. The molecule has 1 aliphatic heterocycles. The first-order valence-corrected chi connectivity index (χ1v) is 9.43. The van der Waals surface area contributed by atoms with E-state index in [9.17, 15) is 9.59 Å². The lowest BCUT2D eigenvalue weighted by atomic mass is 10.1. The Kier molecular flexibility index (Phi) is 4.97. The summed E-state index contributed by atoms with van der Waals surface area (Å²) in [5.74, 6) is 0.157. The summed E-state index contributed by atoms with van der Waals surface area (Å²) in [7, 11) is 0. The zero-order chi connectivity index (χ0) is 19.5. The molecule has 2 aromatic heterocycles. The van der Waals surface area contributed by atoms with E-state index in [-0.39, 0.29) is 11.8 Å². The molecule has 0 bridgehead atoms. The Morgan fingerprint density at radius 2 is 1.64 bits per heavy atom. The summed E-state index contributed by atoms with van der Waals surface area (Å²) in [5, 5.41) is 4.44. The Morgan fingerprint density at radius 3 is 2.25 bits per heavy atom. The van der Waals surface area contributed by atoms with Crippen molar-refractivity contribution in [2.24, 2.45) is 0 Å². The van der Waals surface area contributed by atoms with Gasteiger partial charge >= 0.3 is 0 Å². The van der Waals surface area contributed by atoms with Crippen LogP contribution in [0.2, 0.25) is 0 Å². The fraction of sp³-hybridized carbons (Fsp3) is 0.286. The average Bonchev–Trinajstić information content (AvgIpc) is 3.43. The molecule has 0 saturated carbocycles. The molecule has 2 amide bonds. The molecule has 4 rings (SSSR count). The molecule has 0 spiro atoms. The van der Waals surface area contributed by atoms with Gasteiger partial charge < -0.3 is 14.2 Å². The largest absolute Gasteiger partial charge is 0.459 e. The van der Waals surface area contributed by atoms with Gasteiger partial charge in [0.15, 0.2) is 5.76 Å². The molecule has 1 fully saturated rings. The van der Waals surface area contributed by atoms with Crippen LogP contribution in [0.15, 0.2) is 59.3 Å². The molecule has 28 heavy (non-hydrogen) atoms. The van der Waals surface area contributed by atoms with E-state index in [0.717, 1.165) is 11.4 Å². The van der Waals surface area contributed by atoms with E-state index in [2.05, 4.69) is 5.10 Å². The van der Waals surface area contributed by atoms with Gasteiger partial charge in [-0.3, -0.25) is 9.59 Å². The van der Waals surface area contributed by atoms with Gasteiger partial charge in [-0.2, -0.15) is 5.10 Å². The number of carbonyl (C=O) groups excluding carboxylic acids is 2. The molecule has 3 aromatic rings. The molecule has 0 aliphatic carbocycles. The maximum Gasteiger partial charge on any atom is 0.289 e. The Morgan fingerprint density at radius 1 is 0.964 bits per heavy atom. The van der Waals surface area contributed by atoms with Gasteiger partial charge in [0, 0.05) is 26.2 Å². The van der Waals surface area contributed by atoms with Gasteiger partial charge in [-0.15, -0.1) is 0 Å². The molecule has 0 atom stereocenters. The quantitative estimate of drug-likeness (QED) is 0.700. The fourth-order valence-corrected chi connectivity index (χ4v) is 3.52. The highest BCUT2D eigenvalue weighted by atomic mass is 16.3. The molecule has 1 aliphatic rings. The summed E-state index contributed by atoms with van der Waals surface area (Å²) < 4.78 is 7.01. The van der Waals surface area contributed by atoms with Crippen LogP contribution in [0.5, 0.6) is 0 Å². The number of hydrogen-bond donors (Lipinski definition) is 0. The topological polar surface area (TPSA) is 71.6 Å². The van der Waals surface area contributed by atoms with Crippen LogP contribution in [0, 0.1) is 0 Å². The van der Waals surface area contributed by atoms with Gasteiger partial charge in [0.1, 0.15) is 0 Å². The number of amides is 2. The highest BCUT2D eigenvalue weighted by Gasteiger charge is 2.28. The van der Waals surface area contributed by atoms with Crippen LogP contribution in [0.1, 0.15) is 33.5 Å². The number of piperazine rings is 1. The second-order valence-corrected chi connectivity index (χ2v) is 6.67. The van der Waals surface area contributed by atoms with Crippen molar-refractivity contribution in [2.45, 2.75) is 13.3 Å². The minimum Gasteiger partial charge on any atom is -0.459 e. The van der Waals surface area contributed by atoms with Gasteiger partial charge in [0.25, 0.3) is 11.8 Å². The van der Waals surface area contributed by atoms with Gasteiger partial charge in [0.05, 0.1) is 29.4 Å². The predicted octanol–water partition coefficient (Wildman–Crippen LogP) is 2.63. The van der Waals surface area contributed by atoms with Crippen molar-refractivity contribution in [1.82, 2.24) is 19.6 Å². The molecule has 0 unspecified atom stereocenters. The van der Waals surface area contributed by atoms with Gasteiger partial charge in [-0.05, 0) is 30.7 Å². The van der Waals surface area contributed by atoms with Crippen molar-refractivity contribution in [1.29, 1.82) is 0 Å². The molecule has 3 heterocycles. The average molecular weight is 378 g/mol. The van der Waals surface area contributed by atoms with E-state index in [4.69, 9.17) is 4.42 Å². The Hall–Kier alpha value is -3.35. The zero-order valence-corrected chi connectivity index (χ0v) is 15.7. The van der Waals surface area contributed by atoms with E-state index in [1.165, 1.54) is 6.26 Å². The minimum atomic E-state index is -0.136. The number of rotatable bonds is 4. The third-order valence-corrected chi connectivity index (χ3v) is 5.02. The normalized spacial score (nSPS) is 14.3. The molecular weight excluding hydrogens is 356 g/mol. The summed E-state index contributed by atoms with van der Waals surface area (Å²) in [6.45, 7) is 3.97. The second kappa shape index (κ2) is 7.72. The lowest BCUT2D eigenvalue weighted by molar-refractivity contribution is 0.0517. The summed E-state index contributed by atoms with van der Waals surface area (Å²) in [4.78, 5) is 29.0. The summed E-state index contributed by atoms with van der Waals surface area (Å²) in [5.41, 5.74) is 2.45. The maximum atomic E-state index is 13.1. The monoisotopic (exact) mass is 378 g/mol. The van der Waals surface area contributed by atoms with Crippen LogP contribution >= 0.6 is 0 Å². The van der Waals surface area contributed by atoms with Gasteiger partial charge in [-0.25, -0.2) is 4.68 Å². The van der Waals surface area contributed by atoms with Crippen molar-refractivity contribution >= 4 is 11.8 Å². The molecule has 0 radical (unpaired) electrons. The second-order valence-electron chi connectivity index (χ2n) is 6.67. The number of hydrogen-bond acceptors (Lipinski definition) is 4. The fourth-order valence-electron chi connectivity index (χ4n) is 3.52. The zero-order valence-electron chi connectivity index (χ0n) is 15.7. The first-order chi connectivity index (χ1) is 13.7. The Balaban J connectivity index is 1.47. The lowest BCUT2D eigenvalue weighted by Crippen LogP contribution is -2.50. The van der Waals surface area contributed by atoms with Crippen LogP contribution in [0.3, 0.4) is 0 Å². The molecule has 7 nitrogen and oxygen atoms in total. The van der Waals surface area contributed by atoms with E-state index < -0.39 is 0 Å². The Labute approximate surface area is 163 Å². The van der Waals surface area contributed by atoms with Crippen molar-refractivity contribution in [3.05, 3.63) is 71.9 Å². The van der Waals surface area contributed by atoms with Crippen molar-refractivity contribution in [3.63, 3.8) is 0 Å². The number of carbonyl (C=O) groups is 2. The van der Waals surface area contributed by atoms with Crippen molar-refractivity contribution in [3.8, 4) is 5.69 Å². The van der Waals surface area contributed by atoms with Crippen LogP contribution in [0.25, 0.3) is 5.69 Å². The molecule has 144 valence electrons. The van der Waals surface area contributed by atoms with Crippen LogP contribution in [0.4, 0.5) is 0 Å². The van der Waals surface area contributed by atoms with E-state index in [1.807, 2.05) is 41.9 Å². The molecule has 1 saturated heterocycles. The number of aromatic nitrogens is 2. The number of nitrogens with zero attached hydrogens (tertiary/aromatic N) is 4. The first kappa shape index (κ1) is 18.0. The van der Waals surface area contributed by atoms with E-state index >= 15 is 0 Å². The van der Waals surface area contributed by atoms with Crippen LogP contribution in [-0.2, 0) is 6.42 Å².